The summed E-state index contributed by atoms with van der Waals surface area (Å²) in [6.45, 7) is 4.68. The van der Waals surface area contributed by atoms with E-state index < -0.39 is 5.97 Å². The van der Waals surface area contributed by atoms with Gasteiger partial charge in [-0.2, -0.15) is 0 Å². The lowest BCUT2D eigenvalue weighted by Gasteiger charge is -2.34. The van der Waals surface area contributed by atoms with Gasteiger partial charge >= 0.3 is 5.97 Å². The lowest BCUT2D eigenvalue weighted by molar-refractivity contribution is -0.138. The van der Waals surface area contributed by atoms with Gasteiger partial charge < -0.3 is 14.5 Å². The van der Waals surface area contributed by atoms with E-state index in [0.717, 1.165) is 55.2 Å². The number of carboxylic acid groups (broad SMARTS) is 1. The molecule has 2 aliphatic rings. The molecule has 0 bridgehead atoms. The minimum atomic E-state index is -0.638. The Morgan fingerprint density at radius 2 is 2.24 bits per heavy atom. The Bertz CT molecular complexity index is 659. The molecule has 2 fully saturated rings. The van der Waals surface area contributed by atoms with Crippen molar-refractivity contribution in [2.75, 3.05) is 37.6 Å². The molecule has 1 aliphatic heterocycles. The molecule has 1 N–H and O–H groups in total. The van der Waals surface area contributed by atoms with Crippen molar-refractivity contribution in [3.8, 4) is 0 Å². The number of aromatic nitrogens is 1. The third-order valence-corrected chi connectivity index (χ3v) is 5.36. The number of fused-ring (bicyclic) bond motifs is 1. The molecule has 0 unspecified atom stereocenters. The number of carboxylic acids is 1. The van der Waals surface area contributed by atoms with Crippen LogP contribution < -0.4 is 4.90 Å². The van der Waals surface area contributed by atoms with Crippen LogP contribution in [0.3, 0.4) is 0 Å². The number of aliphatic carboxylic acids is 1. The van der Waals surface area contributed by atoms with Crippen molar-refractivity contribution in [1.29, 1.82) is 0 Å². The van der Waals surface area contributed by atoms with Crippen LogP contribution in [-0.2, 0) is 4.79 Å². The van der Waals surface area contributed by atoms with Gasteiger partial charge in [-0.3, -0.25) is 9.69 Å². The Hall–Kier alpha value is -1.60. The lowest BCUT2D eigenvalue weighted by Crippen LogP contribution is -2.47. The van der Waals surface area contributed by atoms with E-state index in [-0.39, 0.29) is 5.92 Å². The molecule has 6 nitrogen and oxygen atoms in total. The van der Waals surface area contributed by atoms with Gasteiger partial charge in [-0.05, 0) is 23.8 Å². The van der Waals surface area contributed by atoms with Crippen LogP contribution in [0.4, 0.5) is 5.82 Å². The van der Waals surface area contributed by atoms with Gasteiger partial charge in [0.2, 0.25) is 0 Å². The van der Waals surface area contributed by atoms with Crippen LogP contribution in [0.5, 0.6) is 0 Å². The first-order valence-electron chi connectivity index (χ1n) is 7.25. The number of thiophene rings is 1. The minimum absolute atomic E-state index is 0.107. The highest BCUT2D eigenvalue weighted by Gasteiger charge is 2.44. The van der Waals surface area contributed by atoms with Gasteiger partial charge in [-0.15, -0.1) is 11.3 Å². The number of piperazine rings is 1. The van der Waals surface area contributed by atoms with E-state index >= 15 is 0 Å². The average molecular weight is 307 g/mol. The summed E-state index contributed by atoms with van der Waals surface area (Å²) in [6.07, 6.45) is 0.842. The van der Waals surface area contributed by atoms with Gasteiger partial charge in [0.25, 0.3) is 0 Å². The van der Waals surface area contributed by atoms with Crippen molar-refractivity contribution < 1.29 is 14.4 Å². The number of hydrogen-bond acceptors (Lipinski definition) is 6. The molecule has 1 aliphatic carbocycles. The molecule has 3 heterocycles. The second-order valence-electron chi connectivity index (χ2n) is 5.85. The first-order chi connectivity index (χ1) is 10.2. The van der Waals surface area contributed by atoms with Crippen LogP contribution in [-0.4, -0.2) is 53.9 Å². The van der Waals surface area contributed by atoms with Gasteiger partial charge in [0, 0.05) is 32.7 Å². The molecule has 112 valence electrons. The molecule has 0 aromatic carbocycles. The smallest absolute Gasteiger partial charge is 0.306 e. The van der Waals surface area contributed by atoms with E-state index in [1.807, 2.05) is 11.4 Å². The van der Waals surface area contributed by atoms with Crippen LogP contribution in [0.1, 0.15) is 6.42 Å². The fourth-order valence-corrected chi connectivity index (χ4v) is 3.91. The number of hydrogen-bond donors (Lipinski definition) is 1. The minimum Gasteiger partial charge on any atom is -0.481 e. The van der Waals surface area contributed by atoms with Crippen molar-refractivity contribution >= 4 is 33.4 Å². The second-order valence-corrected chi connectivity index (χ2v) is 6.76. The summed E-state index contributed by atoms with van der Waals surface area (Å²) in [6, 6.07) is 1.95. The Balaban J connectivity index is 1.35. The zero-order valence-electron chi connectivity index (χ0n) is 11.6. The maximum atomic E-state index is 10.9. The van der Waals surface area contributed by atoms with Crippen molar-refractivity contribution in [2.45, 2.75) is 6.42 Å². The molecule has 7 heteroatoms. The Morgan fingerprint density at radius 3 is 2.95 bits per heavy atom. The summed E-state index contributed by atoms with van der Waals surface area (Å²) >= 11 is 1.66. The Morgan fingerprint density at radius 1 is 1.43 bits per heavy atom. The van der Waals surface area contributed by atoms with Crippen LogP contribution in [0, 0.1) is 11.8 Å². The third kappa shape index (κ3) is 2.40. The quantitative estimate of drug-likeness (QED) is 0.927. The fourth-order valence-electron chi connectivity index (χ4n) is 3.09. The third-order valence-electron chi connectivity index (χ3n) is 4.47. The summed E-state index contributed by atoms with van der Waals surface area (Å²) < 4.78 is 6.45. The highest BCUT2D eigenvalue weighted by Crippen LogP contribution is 2.39. The summed E-state index contributed by atoms with van der Waals surface area (Å²) in [5.74, 6) is 0.560. The van der Waals surface area contributed by atoms with Gasteiger partial charge in [0.15, 0.2) is 11.4 Å². The number of anilines is 1. The van der Waals surface area contributed by atoms with E-state index in [9.17, 15) is 4.79 Å². The van der Waals surface area contributed by atoms with Crippen LogP contribution in [0.15, 0.2) is 16.0 Å². The SMILES string of the molecule is O=C(O)[C@@H]1C[C@H]1CN1CCN(c2noc3ccsc23)CC1. The molecule has 4 rings (SSSR count). The van der Waals surface area contributed by atoms with Gasteiger partial charge in [0.05, 0.1) is 5.92 Å². The van der Waals surface area contributed by atoms with E-state index in [0.29, 0.717) is 5.92 Å². The molecule has 1 saturated carbocycles. The molecule has 1 saturated heterocycles. The molecular formula is C14H17N3O3S. The predicted octanol–water partition coefficient (Wildman–Crippen LogP) is 1.73. The number of rotatable bonds is 4. The molecule has 2 aromatic heterocycles. The molecule has 0 amide bonds. The molecule has 0 radical (unpaired) electrons. The van der Waals surface area contributed by atoms with Gasteiger partial charge in [0.1, 0.15) is 4.70 Å². The van der Waals surface area contributed by atoms with Gasteiger partial charge in [-0.1, -0.05) is 5.16 Å². The molecular weight excluding hydrogens is 290 g/mol. The standard InChI is InChI=1S/C14H17N3O3S/c18-14(19)10-7-9(10)8-16-2-4-17(5-3-16)13-12-11(20-15-13)1-6-21-12/h1,6,9-10H,2-5,7-8H2,(H,18,19)/t9-,10+/m0/s1. The zero-order chi connectivity index (χ0) is 14.4. The fraction of sp³-hybridized carbons (Fsp3) is 0.571. The topological polar surface area (TPSA) is 69.8 Å². The molecule has 2 atom stereocenters. The monoisotopic (exact) mass is 307 g/mol. The van der Waals surface area contributed by atoms with Crippen LogP contribution in [0.2, 0.25) is 0 Å². The molecule has 2 aromatic rings. The van der Waals surface area contributed by atoms with Gasteiger partial charge in [-0.25, -0.2) is 0 Å². The van der Waals surface area contributed by atoms with E-state index in [1.54, 1.807) is 11.3 Å². The summed E-state index contributed by atoms with van der Waals surface area (Å²) in [7, 11) is 0. The number of nitrogens with zero attached hydrogens (tertiary/aromatic N) is 3. The second kappa shape index (κ2) is 4.99. The van der Waals surface area contributed by atoms with E-state index in [4.69, 9.17) is 9.63 Å². The van der Waals surface area contributed by atoms with E-state index in [1.165, 1.54) is 0 Å². The highest BCUT2D eigenvalue weighted by molar-refractivity contribution is 7.17. The van der Waals surface area contributed by atoms with Crippen LogP contribution >= 0.6 is 11.3 Å². The molecule has 21 heavy (non-hydrogen) atoms. The summed E-state index contributed by atoms with van der Waals surface area (Å²) in [5, 5.41) is 15.2. The Kier molecular flexibility index (Phi) is 3.11. The predicted molar refractivity (Wildman–Crippen MR) is 79.8 cm³/mol. The first kappa shape index (κ1) is 13.1. The van der Waals surface area contributed by atoms with Crippen molar-refractivity contribution in [3.05, 3.63) is 11.4 Å². The first-order valence-corrected chi connectivity index (χ1v) is 8.13. The average Bonchev–Trinajstić information content (AvgIpc) is 2.92. The zero-order valence-corrected chi connectivity index (χ0v) is 12.4. The highest BCUT2D eigenvalue weighted by atomic mass is 32.1. The van der Waals surface area contributed by atoms with Crippen molar-refractivity contribution in [1.82, 2.24) is 10.1 Å². The normalized spacial score (nSPS) is 26.4. The largest absolute Gasteiger partial charge is 0.481 e. The van der Waals surface area contributed by atoms with Crippen molar-refractivity contribution in [2.24, 2.45) is 11.8 Å². The van der Waals surface area contributed by atoms with Crippen molar-refractivity contribution in [3.63, 3.8) is 0 Å². The maximum absolute atomic E-state index is 10.9. The summed E-state index contributed by atoms with van der Waals surface area (Å²) in [5.41, 5.74) is 0.861. The number of carbonyl (C=O) groups is 1. The van der Waals surface area contributed by atoms with E-state index in [2.05, 4.69) is 15.0 Å². The van der Waals surface area contributed by atoms with Crippen LogP contribution in [0.25, 0.3) is 10.3 Å². The maximum Gasteiger partial charge on any atom is 0.306 e. The Labute approximate surface area is 125 Å². The summed E-state index contributed by atoms with van der Waals surface area (Å²) in [4.78, 5) is 15.5. The lowest BCUT2D eigenvalue weighted by atomic mass is 10.2. The molecule has 0 spiro atoms.